The second kappa shape index (κ2) is 2.80. The Labute approximate surface area is 111 Å². The van der Waals surface area contributed by atoms with Crippen molar-refractivity contribution in [1.82, 2.24) is 0 Å². The number of aliphatic hydroxyl groups is 6. The van der Waals surface area contributed by atoms with Crippen LogP contribution in [0.4, 0.5) is 0 Å². The van der Waals surface area contributed by atoms with Crippen molar-refractivity contribution < 1.29 is 57.8 Å². The zero-order valence-electron chi connectivity index (χ0n) is 9.03. The normalized spacial score (nSPS) is 76.5. The summed E-state index contributed by atoms with van der Waals surface area (Å²) in [6.45, 7) is 0. The van der Waals surface area contributed by atoms with Crippen LogP contribution in [-0.4, -0.2) is 65.4 Å². The molecule has 4 bridgehead atoms. The molecule has 12 nitrogen and oxygen atoms in total. The van der Waals surface area contributed by atoms with E-state index in [1.54, 1.807) is 0 Å². The van der Waals surface area contributed by atoms with E-state index in [9.17, 15) is 30.6 Å². The van der Waals surface area contributed by atoms with E-state index >= 15 is 0 Å². The summed E-state index contributed by atoms with van der Waals surface area (Å²) in [5.74, 6) is -19.1. The number of fused-ring (bicyclic) bond motifs is 4. The molecule has 5 fully saturated rings. The van der Waals surface area contributed by atoms with Crippen molar-refractivity contribution in [2.45, 2.75) is 34.7 Å². The summed E-state index contributed by atoms with van der Waals surface area (Å²) in [4.78, 5) is 0. The summed E-state index contributed by atoms with van der Waals surface area (Å²) in [5, 5.41) is 62.2. The van der Waals surface area contributed by atoms with Crippen molar-refractivity contribution in [3.63, 3.8) is 0 Å². The van der Waals surface area contributed by atoms with Crippen LogP contribution in [0.1, 0.15) is 0 Å². The fourth-order valence-electron chi connectivity index (χ4n) is 2.88. The first kappa shape index (κ1) is 12.9. The minimum absolute atomic E-state index is 2.55. The lowest BCUT2D eigenvalue weighted by Crippen LogP contribution is -2.94. The highest BCUT2D eigenvalue weighted by Crippen LogP contribution is 2.85. The molecule has 0 radical (unpaired) electrons. The van der Waals surface area contributed by atoms with E-state index in [-0.39, 0.29) is 0 Å². The lowest BCUT2D eigenvalue weighted by Gasteiger charge is -2.61. The molecule has 0 amide bonds. The fraction of sp³-hybridized carbons (Fsp3) is 1.00. The Balaban J connectivity index is 1.88. The van der Waals surface area contributed by atoms with Gasteiger partial charge in [0, 0.05) is 0 Å². The maximum atomic E-state index is 10.4. The molecule has 5 aliphatic rings. The summed E-state index contributed by atoms with van der Waals surface area (Å²) in [6.07, 6.45) is 0. The molecule has 1 aliphatic carbocycles. The third-order valence-corrected chi connectivity index (χ3v) is 6.48. The second-order valence-corrected chi connectivity index (χ2v) is 6.85. The van der Waals surface area contributed by atoms with Crippen LogP contribution < -0.4 is 0 Å². The van der Waals surface area contributed by atoms with Crippen LogP contribution in [0.15, 0.2) is 0 Å². The third kappa shape index (κ3) is 0.780. The smallest absolute Gasteiger partial charge is 0.341 e. The number of hydrogen-bond acceptors (Lipinski definition) is 12. The summed E-state index contributed by atoms with van der Waals surface area (Å²) in [6, 6.07) is 0. The maximum absolute atomic E-state index is 10.4. The van der Waals surface area contributed by atoms with Gasteiger partial charge in [0.15, 0.2) is 0 Å². The van der Waals surface area contributed by atoms with Gasteiger partial charge in [-0.1, -0.05) is 0 Å². The highest BCUT2D eigenvalue weighted by atomic mass is 31.2. The molecule has 0 aromatic carbocycles. The van der Waals surface area contributed by atoms with E-state index in [4.69, 9.17) is 27.1 Å². The van der Waals surface area contributed by atoms with Gasteiger partial charge in [0.2, 0.25) is 0 Å². The van der Waals surface area contributed by atoms with Crippen LogP contribution in [-0.2, 0) is 27.1 Å². The van der Waals surface area contributed by atoms with Crippen LogP contribution in [0.3, 0.4) is 0 Å². The van der Waals surface area contributed by atoms with Crippen molar-refractivity contribution in [2.24, 2.45) is 0 Å². The van der Waals surface area contributed by atoms with Crippen molar-refractivity contribution >= 4 is 17.2 Å². The zero-order valence-corrected chi connectivity index (χ0v) is 10.8. The second-order valence-electron chi connectivity index (χ2n) is 4.86. The van der Waals surface area contributed by atoms with E-state index in [0.29, 0.717) is 0 Å². The first-order valence-electron chi connectivity index (χ1n) is 5.16. The van der Waals surface area contributed by atoms with Crippen LogP contribution in [0.5, 0.6) is 0 Å². The van der Waals surface area contributed by atoms with E-state index in [1.807, 2.05) is 0 Å². The maximum Gasteiger partial charge on any atom is 0.341 e. The summed E-state index contributed by atoms with van der Waals surface area (Å²) < 4.78 is 28.6. The van der Waals surface area contributed by atoms with Gasteiger partial charge in [-0.15, -0.1) is 0 Å². The molecule has 0 spiro atoms. The molecule has 1 saturated carbocycles. The lowest BCUT2D eigenvalue weighted by molar-refractivity contribution is -0.591. The molecule has 5 rings (SSSR count). The quantitative estimate of drug-likeness (QED) is 0.244. The Morgan fingerprint density at radius 1 is 0.400 bits per heavy atom. The van der Waals surface area contributed by atoms with E-state index < -0.39 is 51.9 Å². The monoisotopic (exact) mass is 332 g/mol. The van der Waals surface area contributed by atoms with Crippen LogP contribution in [0.2, 0.25) is 0 Å². The van der Waals surface area contributed by atoms with Gasteiger partial charge in [0.05, 0.1) is 0 Å². The zero-order chi connectivity index (χ0) is 14.4. The van der Waals surface area contributed by atoms with Crippen LogP contribution >= 0.6 is 17.2 Å². The Hall–Kier alpha value is 0.380. The van der Waals surface area contributed by atoms with Crippen molar-refractivity contribution in [2.75, 3.05) is 0 Å². The number of hydrogen-bond donors (Lipinski definition) is 6. The van der Waals surface area contributed by atoms with E-state index in [1.165, 1.54) is 0 Å². The highest BCUT2D eigenvalue weighted by molar-refractivity contribution is 7.43. The molecule has 4 saturated heterocycles. The average molecular weight is 332 g/mol. The van der Waals surface area contributed by atoms with Gasteiger partial charge in [-0.25, -0.2) is 0 Å². The lowest BCUT2D eigenvalue weighted by atomic mass is 9.69. The summed E-state index contributed by atoms with van der Waals surface area (Å²) in [5.41, 5.74) is 0. The van der Waals surface area contributed by atoms with Gasteiger partial charge in [0.25, 0.3) is 34.7 Å². The van der Waals surface area contributed by atoms with Crippen molar-refractivity contribution in [1.29, 1.82) is 0 Å². The van der Waals surface area contributed by atoms with Gasteiger partial charge in [-0.05, 0) is 0 Å². The fourth-order valence-corrected chi connectivity index (χ4v) is 5.88. The number of rotatable bonds is 0. The van der Waals surface area contributed by atoms with E-state index in [0.717, 1.165) is 0 Å². The van der Waals surface area contributed by atoms with Gasteiger partial charge in [0.1, 0.15) is 0 Å². The molecule has 0 aromatic rings. The first-order chi connectivity index (χ1) is 9.07. The van der Waals surface area contributed by atoms with Crippen LogP contribution in [0.25, 0.3) is 0 Å². The van der Waals surface area contributed by atoms with Gasteiger partial charge in [-0.2, -0.15) is 0 Å². The van der Waals surface area contributed by atoms with E-state index in [2.05, 4.69) is 0 Å². The van der Waals surface area contributed by atoms with Gasteiger partial charge in [-0.3, -0.25) is 27.1 Å². The summed E-state index contributed by atoms with van der Waals surface area (Å²) >= 11 is 0. The predicted octanol–water partition coefficient (Wildman–Crippen LogP) is -3.26. The highest BCUT2D eigenvalue weighted by Gasteiger charge is 3.06. The molecule has 0 unspecified atom stereocenters. The van der Waals surface area contributed by atoms with Crippen molar-refractivity contribution in [3.05, 3.63) is 0 Å². The SMILES string of the molecule is OC12OP3O[C@]1(O)[C@@]1(O)OP4OC1(O)[C@@](O)(O4)[C@@]2(O)O3. The van der Waals surface area contributed by atoms with Gasteiger partial charge >= 0.3 is 17.2 Å². The Morgan fingerprint density at radius 2 is 0.550 bits per heavy atom. The molecule has 4 aliphatic heterocycles. The van der Waals surface area contributed by atoms with Crippen molar-refractivity contribution in [3.8, 4) is 0 Å². The first-order valence-corrected chi connectivity index (χ1v) is 7.35. The molecule has 0 aromatic heterocycles. The molecule has 4 heterocycles. The standard InChI is InChI=1S/C6H6O12P2/c7-1-2(8)6(12)4(10,16-20(14-2)18-6)3(9)5(1,11)17-19(13-1)15-3/h7-12H/t1-,2-,3-,4+,5?,6?,19?,20?/m1/s1. The largest absolute Gasteiger partial charge is 0.356 e. The molecule has 0 atom stereocenters. The molecular formula is C6H6O12P2. The Bertz CT molecular complexity index is 474. The predicted molar refractivity (Wildman–Crippen MR) is 50.0 cm³/mol. The summed E-state index contributed by atoms with van der Waals surface area (Å²) in [7, 11) is -5.10. The Morgan fingerprint density at radius 3 is 0.700 bits per heavy atom. The topological polar surface area (TPSA) is 177 Å². The van der Waals surface area contributed by atoms with Gasteiger partial charge < -0.3 is 30.6 Å². The molecule has 20 heavy (non-hydrogen) atoms. The Kier molecular flexibility index (Phi) is 1.80. The molecule has 14 heteroatoms. The molecular weight excluding hydrogens is 326 g/mol. The molecule has 6 N–H and O–H groups in total. The average Bonchev–Trinajstić information content (AvgIpc) is 2.91. The third-order valence-electron chi connectivity index (χ3n) is 4.00. The molecule has 112 valence electrons. The van der Waals surface area contributed by atoms with Crippen LogP contribution in [0, 0.1) is 0 Å². The minimum atomic E-state index is -3.18. The minimum Gasteiger partial charge on any atom is -0.356 e.